The Balaban J connectivity index is 1.91. The topological polar surface area (TPSA) is 59.7 Å². The second-order valence-corrected chi connectivity index (χ2v) is 5.97. The summed E-state index contributed by atoms with van der Waals surface area (Å²) in [6, 6.07) is 10.4. The zero-order valence-corrected chi connectivity index (χ0v) is 14.4. The summed E-state index contributed by atoms with van der Waals surface area (Å²) in [6.45, 7) is 3.44. The Bertz CT molecular complexity index is 787. The van der Waals surface area contributed by atoms with Gasteiger partial charge in [-0.3, -0.25) is 9.88 Å². The van der Waals surface area contributed by atoms with Crippen LogP contribution in [0.1, 0.15) is 36.3 Å². The highest BCUT2D eigenvalue weighted by molar-refractivity contribution is 5.30. The van der Waals surface area contributed by atoms with Crippen LogP contribution < -0.4 is 0 Å². The Morgan fingerprint density at radius 2 is 1.96 bits per heavy atom. The molecule has 3 rings (SSSR count). The van der Waals surface area contributed by atoms with Crippen LogP contribution in [-0.2, 0) is 13.1 Å². The molecule has 25 heavy (non-hydrogen) atoms. The fraction of sp³-hybridized carbons (Fsp3) is 0.333. The van der Waals surface area contributed by atoms with E-state index in [1.54, 1.807) is 18.3 Å². The van der Waals surface area contributed by atoms with Crippen molar-refractivity contribution < 1.29 is 4.39 Å². The number of nitrogens with zero attached hydrogens (tertiary/aromatic N) is 6. The van der Waals surface area contributed by atoms with Crippen molar-refractivity contribution in [3.05, 3.63) is 71.6 Å². The number of hydrogen-bond donors (Lipinski definition) is 0. The first-order valence-corrected chi connectivity index (χ1v) is 8.29. The fourth-order valence-electron chi connectivity index (χ4n) is 2.92. The normalized spacial score (nSPS) is 12.5. The lowest BCUT2D eigenvalue weighted by Crippen LogP contribution is -2.27. The van der Waals surface area contributed by atoms with E-state index in [4.69, 9.17) is 0 Å². The van der Waals surface area contributed by atoms with Gasteiger partial charge in [0.1, 0.15) is 5.82 Å². The molecule has 0 aliphatic heterocycles. The minimum Gasteiger partial charge on any atom is -0.288 e. The lowest BCUT2D eigenvalue weighted by molar-refractivity contribution is 0.257. The molecule has 0 saturated carbocycles. The predicted molar refractivity (Wildman–Crippen MR) is 92.1 cm³/mol. The van der Waals surface area contributed by atoms with Gasteiger partial charge in [-0.25, -0.2) is 9.07 Å². The van der Waals surface area contributed by atoms with Gasteiger partial charge in [-0.15, -0.1) is 5.10 Å². The molecule has 0 saturated heterocycles. The fourth-order valence-corrected chi connectivity index (χ4v) is 2.92. The zero-order valence-electron chi connectivity index (χ0n) is 14.4. The van der Waals surface area contributed by atoms with Gasteiger partial charge in [0.2, 0.25) is 0 Å². The molecule has 130 valence electrons. The average Bonchev–Trinajstić information content (AvgIpc) is 3.05. The minimum atomic E-state index is -0.247. The van der Waals surface area contributed by atoms with Gasteiger partial charge < -0.3 is 0 Å². The van der Waals surface area contributed by atoms with Gasteiger partial charge in [-0.1, -0.05) is 25.1 Å². The van der Waals surface area contributed by atoms with E-state index in [0.29, 0.717) is 6.54 Å². The Hall–Kier alpha value is -2.67. The number of hydrogen-bond acceptors (Lipinski definition) is 5. The molecule has 3 aromatic rings. The standard InChI is InChI=1S/C18H21FN6/c1-3-11-25-17(21-22-23-25)13-24(2)18(15-5-4-10-20-12-15)14-6-8-16(19)9-7-14/h4-10,12,18H,3,11,13H2,1-2H3/t18-/m0/s1. The van der Waals surface area contributed by atoms with Crippen LogP contribution in [0.25, 0.3) is 0 Å². The number of aryl methyl sites for hydroxylation is 1. The third-order valence-electron chi connectivity index (χ3n) is 4.06. The number of halogens is 1. The van der Waals surface area contributed by atoms with Gasteiger partial charge in [0.25, 0.3) is 0 Å². The summed E-state index contributed by atoms with van der Waals surface area (Å²) in [4.78, 5) is 6.37. The van der Waals surface area contributed by atoms with Crippen molar-refractivity contribution in [1.82, 2.24) is 30.1 Å². The second-order valence-electron chi connectivity index (χ2n) is 5.97. The summed E-state index contributed by atoms with van der Waals surface area (Å²) in [6.07, 6.45) is 4.54. The molecule has 0 aliphatic rings. The van der Waals surface area contributed by atoms with Crippen LogP contribution in [0.2, 0.25) is 0 Å². The number of rotatable bonds is 7. The van der Waals surface area contributed by atoms with E-state index in [0.717, 1.165) is 29.9 Å². The maximum Gasteiger partial charge on any atom is 0.165 e. The smallest absolute Gasteiger partial charge is 0.165 e. The van der Waals surface area contributed by atoms with Crippen molar-refractivity contribution in [3.63, 3.8) is 0 Å². The zero-order chi connectivity index (χ0) is 17.6. The van der Waals surface area contributed by atoms with E-state index in [2.05, 4.69) is 32.3 Å². The van der Waals surface area contributed by atoms with Crippen molar-refractivity contribution in [3.8, 4) is 0 Å². The first-order valence-electron chi connectivity index (χ1n) is 8.29. The average molecular weight is 340 g/mol. The largest absolute Gasteiger partial charge is 0.288 e. The first kappa shape index (κ1) is 17.2. The Labute approximate surface area is 146 Å². The van der Waals surface area contributed by atoms with E-state index in [1.165, 1.54) is 12.1 Å². The van der Waals surface area contributed by atoms with Crippen LogP contribution in [-0.4, -0.2) is 37.1 Å². The third-order valence-corrected chi connectivity index (χ3v) is 4.06. The van der Waals surface area contributed by atoms with E-state index < -0.39 is 0 Å². The molecule has 1 aromatic carbocycles. The van der Waals surface area contributed by atoms with Crippen molar-refractivity contribution in [2.75, 3.05) is 7.05 Å². The Morgan fingerprint density at radius 3 is 2.64 bits per heavy atom. The summed E-state index contributed by atoms with van der Waals surface area (Å²) in [5.74, 6) is 0.559. The van der Waals surface area contributed by atoms with Crippen LogP contribution in [0.15, 0.2) is 48.8 Å². The van der Waals surface area contributed by atoms with Crippen LogP contribution >= 0.6 is 0 Å². The van der Waals surface area contributed by atoms with Crippen LogP contribution in [0, 0.1) is 5.82 Å². The van der Waals surface area contributed by atoms with E-state index in [-0.39, 0.29) is 11.9 Å². The van der Waals surface area contributed by atoms with E-state index in [1.807, 2.05) is 30.1 Å². The second kappa shape index (κ2) is 7.94. The quantitative estimate of drug-likeness (QED) is 0.662. The summed E-state index contributed by atoms with van der Waals surface area (Å²) < 4.78 is 15.2. The molecule has 0 bridgehead atoms. The molecule has 0 aliphatic carbocycles. The molecule has 2 heterocycles. The van der Waals surface area contributed by atoms with Crippen molar-refractivity contribution in [1.29, 1.82) is 0 Å². The molecule has 7 heteroatoms. The third kappa shape index (κ3) is 4.06. The molecule has 0 radical (unpaired) electrons. The van der Waals surface area contributed by atoms with Gasteiger partial charge in [0.05, 0.1) is 12.6 Å². The number of tetrazole rings is 1. The molecule has 0 unspecified atom stereocenters. The molecule has 0 N–H and O–H groups in total. The first-order chi connectivity index (χ1) is 12.2. The van der Waals surface area contributed by atoms with Crippen molar-refractivity contribution >= 4 is 0 Å². The lowest BCUT2D eigenvalue weighted by atomic mass is 9.99. The van der Waals surface area contributed by atoms with E-state index in [9.17, 15) is 4.39 Å². The van der Waals surface area contributed by atoms with Crippen molar-refractivity contribution in [2.24, 2.45) is 0 Å². The monoisotopic (exact) mass is 340 g/mol. The summed E-state index contributed by atoms with van der Waals surface area (Å²) in [5.41, 5.74) is 2.03. The Kier molecular flexibility index (Phi) is 5.45. The molecule has 0 amide bonds. The molecule has 2 aromatic heterocycles. The predicted octanol–water partition coefficient (Wildman–Crippen LogP) is 2.84. The van der Waals surface area contributed by atoms with Gasteiger partial charge in [0.15, 0.2) is 5.82 Å². The molecule has 0 fully saturated rings. The van der Waals surface area contributed by atoms with Gasteiger partial charge in [-0.05, 0) is 53.2 Å². The highest BCUT2D eigenvalue weighted by Gasteiger charge is 2.21. The summed E-state index contributed by atoms with van der Waals surface area (Å²) in [7, 11) is 2.01. The highest BCUT2D eigenvalue weighted by Crippen LogP contribution is 2.28. The lowest BCUT2D eigenvalue weighted by Gasteiger charge is -2.28. The maximum absolute atomic E-state index is 13.3. The van der Waals surface area contributed by atoms with Gasteiger partial charge in [0, 0.05) is 18.9 Å². The van der Waals surface area contributed by atoms with Gasteiger partial charge >= 0.3 is 0 Å². The number of pyridine rings is 1. The van der Waals surface area contributed by atoms with E-state index >= 15 is 0 Å². The number of aromatic nitrogens is 5. The molecular formula is C18H21FN6. The van der Waals surface area contributed by atoms with Gasteiger partial charge in [-0.2, -0.15) is 0 Å². The summed E-state index contributed by atoms with van der Waals surface area (Å²) >= 11 is 0. The SMILES string of the molecule is CCCn1nnnc1CN(C)[C@@H](c1ccc(F)cc1)c1cccnc1. The summed E-state index contributed by atoms with van der Waals surface area (Å²) in [5, 5.41) is 12.0. The van der Waals surface area contributed by atoms with Crippen LogP contribution in [0.3, 0.4) is 0 Å². The molecule has 1 atom stereocenters. The molecule has 0 spiro atoms. The Morgan fingerprint density at radius 1 is 1.16 bits per heavy atom. The minimum absolute atomic E-state index is 0.0684. The maximum atomic E-state index is 13.3. The van der Waals surface area contributed by atoms with Crippen LogP contribution in [0.4, 0.5) is 4.39 Å². The number of benzene rings is 1. The van der Waals surface area contributed by atoms with Crippen LogP contribution in [0.5, 0.6) is 0 Å². The molecule has 6 nitrogen and oxygen atoms in total. The highest BCUT2D eigenvalue weighted by atomic mass is 19.1. The molecular weight excluding hydrogens is 319 g/mol. The van der Waals surface area contributed by atoms with Crippen molar-refractivity contribution in [2.45, 2.75) is 32.5 Å².